The second kappa shape index (κ2) is 5.51. The van der Waals surface area contributed by atoms with E-state index in [4.69, 9.17) is 4.52 Å². The first-order valence-electron chi connectivity index (χ1n) is 7.99. The van der Waals surface area contributed by atoms with Crippen LogP contribution in [0.4, 0.5) is 4.39 Å². The Kier molecular flexibility index (Phi) is 3.42. The number of fused-ring (bicyclic) bond motifs is 1. The van der Waals surface area contributed by atoms with Crippen LogP contribution < -0.4 is 0 Å². The lowest BCUT2D eigenvalue weighted by Crippen LogP contribution is -1.93. The quantitative estimate of drug-likeness (QED) is 0.578. The number of pyridine rings is 1. The number of nitrogens with zero attached hydrogens (tertiary/aromatic N) is 3. The standard InChI is InChI=1S/C19H17FN4O/c1-9-15(7-21-8-16(9)20)14-5-13(18-10(2)24-25-11(18)3)6-17-19(14)23-12(4)22-17/h5-8H,1-4H3,(H,22,23). The number of hydrogen-bond acceptors (Lipinski definition) is 4. The lowest BCUT2D eigenvalue weighted by molar-refractivity contribution is 0.393. The van der Waals surface area contributed by atoms with E-state index in [0.717, 1.165) is 50.6 Å². The molecule has 1 N–H and O–H groups in total. The van der Waals surface area contributed by atoms with E-state index in [1.54, 1.807) is 13.1 Å². The molecule has 126 valence electrons. The van der Waals surface area contributed by atoms with E-state index >= 15 is 0 Å². The van der Waals surface area contributed by atoms with E-state index in [1.165, 1.54) is 6.20 Å². The minimum atomic E-state index is -0.333. The second-order valence-electron chi connectivity index (χ2n) is 6.24. The van der Waals surface area contributed by atoms with Crippen LogP contribution in [-0.4, -0.2) is 20.1 Å². The average Bonchev–Trinajstić information content (AvgIpc) is 3.10. The van der Waals surface area contributed by atoms with Crippen molar-refractivity contribution in [3.05, 3.63) is 53.2 Å². The Hall–Kier alpha value is -3.02. The molecule has 0 spiro atoms. The van der Waals surface area contributed by atoms with E-state index in [9.17, 15) is 4.39 Å². The fourth-order valence-electron chi connectivity index (χ4n) is 3.26. The fraction of sp³-hybridized carbons (Fsp3) is 0.211. The van der Waals surface area contributed by atoms with Gasteiger partial charge in [0.05, 0.1) is 22.9 Å². The number of aryl methyl sites for hydroxylation is 3. The van der Waals surface area contributed by atoms with Gasteiger partial charge in [0.25, 0.3) is 0 Å². The molecule has 0 aliphatic carbocycles. The maximum atomic E-state index is 14.1. The predicted octanol–water partition coefficient (Wildman–Crippen LogP) is 4.65. The number of aromatic amines is 1. The van der Waals surface area contributed by atoms with Gasteiger partial charge in [-0.2, -0.15) is 0 Å². The molecule has 0 saturated heterocycles. The zero-order chi connectivity index (χ0) is 17.7. The number of nitrogens with one attached hydrogen (secondary N) is 1. The van der Waals surface area contributed by atoms with Gasteiger partial charge in [-0.05, 0) is 51.0 Å². The SMILES string of the molecule is Cc1nc2c(-c3cncc(F)c3C)cc(-c3c(C)noc3C)cc2[nH]1. The van der Waals surface area contributed by atoms with Crippen LogP contribution in [0.1, 0.15) is 22.8 Å². The molecule has 5 nitrogen and oxygen atoms in total. The molecule has 6 heteroatoms. The van der Waals surface area contributed by atoms with Gasteiger partial charge in [0.1, 0.15) is 17.4 Å². The van der Waals surface area contributed by atoms with Crippen LogP contribution in [0.25, 0.3) is 33.3 Å². The highest BCUT2D eigenvalue weighted by atomic mass is 19.1. The van der Waals surface area contributed by atoms with Crippen LogP contribution in [0.5, 0.6) is 0 Å². The Labute approximate surface area is 143 Å². The molecule has 4 aromatic rings. The number of imidazole rings is 1. The minimum absolute atomic E-state index is 0.333. The first-order valence-corrected chi connectivity index (χ1v) is 7.99. The summed E-state index contributed by atoms with van der Waals surface area (Å²) >= 11 is 0. The summed E-state index contributed by atoms with van der Waals surface area (Å²) in [4.78, 5) is 11.9. The Morgan fingerprint density at radius 3 is 2.56 bits per heavy atom. The summed E-state index contributed by atoms with van der Waals surface area (Å²) in [5, 5.41) is 4.04. The lowest BCUT2D eigenvalue weighted by Gasteiger charge is -2.10. The molecule has 0 atom stereocenters. The molecular weight excluding hydrogens is 319 g/mol. The van der Waals surface area contributed by atoms with Crippen molar-refractivity contribution in [2.45, 2.75) is 27.7 Å². The average molecular weight is 336 g/mol. The molecule has 3 aromatic heterocycles. The first kappa shape index (κ1) is 15.5. The van der Waals surface area contributed by atoms with E-state index in [1.807, 2.05) is 32.9 Å². The largest absolute Gasteiger partial charge is 0.361 e. The minimum Gasteiger partial charge on any atom is -0.361 e. The molecule has 4 rings (SSSR count). The number of benzene rings is 1. The molecule has 0 radical (unpaired) electrons. The number of halogens is 1. The molecule has 0 saturated carbocycles. The fourth-order valence-corrected chi connectivity index (χ4v) is 3.26. The van der Waals surface area contributed by atoms with Crippen molar-refractivity contribution in [1.29, 1.82) is 0 Å². The highest BCUT2D eigenvalue weighted by Crippen LogP contribution is 2.36. The number of aromatic nitrogens is 4. The van der Waals surface area contributed by atoms with E-state index in [2.05, 4.69) is 20.1 Å². The Morgan fingerprint density at radius 2 is 1.84 bits per heavy atom. The van der Waals surface area contributed by atoms with Crippen molar-refractivity contribution in [1.82, 2.24) is 20.1 Å². The Morgan fingerprint density at radius 1 is 1.04 bits per heavy atom. The van der Waals surface area contributed by atoms with Crippen LogP contribution in [0.3, 0.4) is 0 Å². The van der Waals surface area contributed by atoms with Crippen LogP contribution in [0.2, 0.25) is 0 Å². The monoisotopic (exact) mass is 336 g/mol. The molecule has 1 aromatic carbocycles. The van der Waals surface area contributed by atoms with Crippen molar-refractivity contribution < 1.29 is 8.91 Å². The van der Waals surface area contributed by atoms with Crippen molar-refractivity contribution in [2.24, 2.45) is 0 Å². The molecular formula is C19H17FN4O. The van der Waals surface area contributed by atoms with Crippen molar-refractivity contribution in [3.8, 4) is 22.3 Å². The van der Waals surface area contributed by atoms with Crippen molar-refractivity contribution in [3.63, 3.8) is 0 Å². The lowest BCUT2D eigenvalue weighted by atomic mass is 9.95. The van der Waals surface area contributed by atoms with Gasteiger partial charge in [-0.1, -0.05) is 5.16 Å². The smallest absolute Gasteiger partial charge is 0.145 e. The van der Waals surface area contributed by atoms with Gasteiger partial charge in [0.15, 0.2) is 0 Å². The summed E-state index contributed by atoms with van der Waals surface area (Å²) in [5.41, 5.74) is 6.49. The molecule has 25 heavy (non-hydrogen) atoms. The summed E-state index contributed by atoms with van der Waals surface area (Å²) in [5.74, 6) is 1.21. The zero-order valence-electron chi connectivity index (χ0n) is 14.4. The predicted molar refractivity (Wildman–Crippen MR) is 93.7 cm³/mol. The first-order chi connectivity index (χ1) is 12.0. The van der Waals surface area contributed by atoms with Crippen molar-refractivity contribution in [2.75, 3.05) is 0 Å². The Bertz CT molecular complexity index is 1090. The van der Waals surface area contributed by atoms with E-state index < -0.39 is 0 Å². The summed E-state index contributed by atoms with van der Waals surface area (Å²) < 4.78 is 19.4. The van der Waals surface area contributed by atoms with Gasteiger partial charge in [-0.15, -0.1) is 0 Å². The van der Waals surface area contributed by atoms with Crippen LogP contribution >= 0.6 is 0 Å². The van der Waals surface area contributed by atoms with Crippen LogP contribution in [0.15, 0.2) is 29.0 Å². The van der Waals surface area contributed by atoms with Gasteiger partial charge in [-0.3, -0.25) is 4.98 Å². The molecule has 0 aliphatic rings. The van der Waals surface area contributed by atoms with E-state index in [0.29, 0.717) is 5.56 Å². The summed E-state index contributed by atoms with van der Waals surface area (Å²) in [6.07, 6.45) is 2.90. The summed E-state index contributed by atoms with van der Waals surface area (Å²) in [6, 6.07) is 4.02. The van der Waals surface area contributed by atoms with Gasteiger partial charge in [0.2, 0.25) is 0 Å². The van der Waals surface area contributed by atoms with Crippen molar-refractivity contribution >= 4 is 11.0 Å². The molecule has 3 heterocycles. The van der Waals surface area contributed by atoms with Gasteiger partial charge in [0, 0.05) is 22.9 Å². The second-order valence-corrected chi connectivity index (χ2v) is 6.24. The van der Waals surface area contributed by atoms with Gasteiger partial charge >= 0.3 is 0 Å². The third-order valence-corrected chi connectivity index (χ3v) is 4.47. The molecule has 0 bridgehead atoms. The summed E-state index contributed by atoms with van der Waals surface area (Å²) in [6.45, 7) is 7.44. The summed E-state index contributed by atoms with van der Waals surface area (Å²) in [7, 11) is 0. The molecule has 0 unspecified atom stereocenters. The normalized spacial score (nSPS) is 11.4. The maximum absolute atomic E-state index is 14.1. The molecule has 0 amide bonds. The Balaban J connectivity index is 2.08. The van der Waals surface area contributed by atoms with Gasteiger partial charge in [-0.25, -0.2) is 9.37 Å². The number of hydrogen-bond donors (Lipinski definition) is 1. The van der Waals surface area contributed by atoms with Gasteiger partial charge < -0.3 is 9.51 Å². The van der Waals surface area contributed by atoms with Crippen LogP contribution in [0, 0.1) is 33.5 Å². The third kappa shape index (κ3) is 2.41. The van der Waals surface area contributed by atoms with E-state index in [-0.39, 0.29) is 5.82 Å². The third-order valence-electron chi connectivity index (χ3n) is 4.47. The zero-order valence-corrected chi connectivity index (χ0v) is 14.4. The number of H-pyrrole nitrogens is 1. The highest BCUT2D eigenvalue weighted by molar-refractivity contribution is 5.97. The highest BCUT2D eigenvalue weighted by Gasteiger charge is 2.18. The van der Waals surface area contributed by atoms with Crippen LogP contribution in [-0.2, 0) is 0 Å². The molecule has 0 aliphatic heterocycles. The maximum Gasteiger partial charge on any atom is 0.145 e. The topological polar surface area (TPSA) is 67.6 Å². The molecule has 0 fully saturated rings. The number of rotatable bonds is 2.